The quantitative estimate of drug-likeness (QED) is 0.389. The van der Waals surface area contributed by atoms with Crippen molar-refractivity contribution in [2.24, 2.45) is 5.92 Å². The fourth-order valence-electron chi connectivity index (χ4n) is 2.28. The molecule has 0 aromatic rings. The summed E-state index contributed by atoms with van der Waals surface area (Å²) in [6.07, 6.45) is 14.0. The first-order valence-electron chi connectivity index (χ1n) is 9.33. The third-order valence-electron chi connectivity index (χ3n) is 3.64. The number of carboxylic acid groups (broad SMARTS) is 2. The molecule has 0 unspecified atom stereocenters. The van der Waals surface area contributed by atoms with Crippen LogP contribution in [0.1, 0.15) is 104 Å². The van der Waals surface area contributed by atoms with E-state index in [1.807, 2.05) is 6.92 Å². The number of carbonyl (C=O) groups is 2. The Balaban J connectivity index is 0. The summed E-state index contributed by atoms with van der Waals surface area (Å²) in [4.78, 5) is 19.9. The van der Waals surface area contributed by atoms with Gasteiger partial charge in [-0.15, -0.1) is 0 Å². The average Bonchev–Trinajstić information content (AvgIpc) is 2.44. The van der Waals surface area contributed by atoms with Crippen LogP contribution in [0.5, 0.6) is 0 Å². The summed E-state index contributed by atoms with van der Waals surface area (Å²) in [7, 11) is 0. The first-order chi connectivity index (χ1) is 10.9. The van der Waals surface area contributed by atoms with Crippen molar-refractivity contribution in [1.29, 1.82) is 0 Å². The molecule has 0 spiro atoms. The van der Waals surface area contributed by atoms with Crippen molar-refractivity contribution < 1.29 is 19.8 Å². The third-order valence-corrected chi connectivity index (χ3v) is 3.64. The number of carboxylic acids is 2. The van der Waals surface area contributed by atoms with Crippen LogP contribution in [0, 0.1) is 5.92 Å². The highest BCUT2D eigenvalue weighted by atomic mass is 16.4. The maximum Gasteiger partial charge on any atom is 0.303 e. The van der Waals surface area contributed by atoms with E-state index in [0.29, 0.717) is 12.8 Å². The lowest BCUT2D eigenvalue weighted by atomic mass is 10.0. The summed E-state index contributed by atoms with van der Waals surface area (Å²) in [6.45, 7) is 6.42. The van der Waals surface area contributed by atoms with Crippen LogP contribution in [0.25, 0.3) is 0 Å². The van der Waals surface area contributed by atoms with Crippen LogP contribution in [0.3, 0.4) is 0 Å². The molecule has 0 fully saturated rings. The minimum Gasteiger partial charge on any atom is -0.481 e. The molecule has 0 aromatic carbocycles. The van der Waals surface area contributed by atoms with E-state index >= 15 is 0 Å². The standard InChI is InChI=1S/C15H30O2.C4H8O2/c1-14(2)12-10-8-6-4-3-5-7-9-11-13-15(16)17;1-2-3-4(5)6/h14H,3-13H2,1-2H3,(H,16,17);2-3H2,1H3,(H,5,6). The van der Waals surface area contributed by atoms with Gasteiger partial charge < -0.3 is 10.2 Å². The van der Waals surface area contributed by atoms with Crippen LogP contribution >= 0.6 is 0 Å². The van der Waals surface area contributed by atoms with Gasteiger partial charge in [-0.05, 0) is 18.8 Å². The van der Waals surface area contributed by atoms with Crippen LogP contribution in [0.2, 0.25) is 0 Å². The van der Waals surface area contributed by atoms with Gasteiger partial charge in [0.25, 0.3) is 0 Å². The molecule has 138 valence electrons. The third kappa shape index (κ3) is 29.6. The van der Waals surface area contributed by atoms with Crippen molar-refractivity contribution in [3.8, 4) is 0 Å². The Hall–Kier alpha value is -1.06. The molecular formula is C19H38O4. The highest BCUT2D eigenvalue weighted by molar-refractivity contribution is 5.66. The van der Waals surface area contributed by atoms with Gasteiger partial charge in [-0.1, -0.05) is 78.6 Å². The maximum absolute atomic E-state index is 10.3. The average molecular weight is 331 g/mol. The summed E-state index contributed by atoms with van der Waals surface area (Å²) in [5.74, 6) is -0.517. The Morgan fingerprint density at radius 1 is 0.696 bits per heavy atom. The van der Waals surface area contributed by atoms with Gasteiger partial charge in [0.05, 0.1) is 0 Å². The molecule has 0 radical (unpaired) electrons. The highest BCUT2D eigenvalue weighted by Gasteiger charge is 1.97. The van der Waals surface area contributed by atoms with Gasteiger partial charge >= 0.3 is 11.9 Å². The first kappa shape index (κ1) is 24.2. The second-order valence-corrected chi connectivity index (χ2v) is 6.65. The predicted molar refractivity (Wildman–Crippen MR) is 95.8 cm³/mol. The largest absolute Gasteiger partial charge is 0.481 e. The SMILES string of the molecule is CC(C)CCCCCCCCCCCC(=O)O.CCCC(=O)O. The molecule has 0 aliphatic heterocycles. The Morgan fingerprint density at radius 3 is 1.39 bits per heavy atom. The van der Waals surface area contributed by atoms with Gasteiger partial charge in [-0.3, -0.25) is 9.59 Å². The summed E-state index contributed by atoms with van der Waals surface area (Å²) >= 11 is 0. The molecule has 0 saturated carbocycles. The number of rotatable bonds is 14. The van der Waals surface area contributed by atoms with Crippen LogP contribution in [0.15, 0.2) is 0 Å². The zero-order chi connectivity index (χ0) is 17.9. The molecule has 23 heavy (non-hydrogen) atoms. The number of hydrogen-bond acceptors (Lipinski definition) is 2. The van der Waals surface area contributed by atoms with Crippen molar-refractivity contribution in [2.75, 3.05) is 0 Å². The van der Waals surface area contributed by atoms with Gasteiger partial charge in [0, 0.05) is 12.8 Å². The smallest absolute Gasteiger partial charge is 0.303 e. The second kappa shape index (κ2) is 19.0. The van der Waals surface area contributed by atoms with Gasteiger partial charge in [0.2, 0.25) is 0 Å². The topological polar surface area (TPSA) is 74.6 Å². The van der Waals surface area contributed by atoms with E-state index in [1.54, 1.807) is 0 Å². The Kier molecular flexibility index (Phi) is 20.0. The van der Waals surface area contributed by atoms with Crippen LogP contribution in [-0.4, -0.2) is 22.2 Å². The number of aliphatic carboxylic acids is 2. The Morgan fingerprint density at radius 2 is 1.09 bits per heavy atom. The zero-order valence-corrected chi connectivity index (χ0v) is 15.5. The Bertz CT molecular complexity index is 275. The minimum absolute atomic E-state index is 0.292. The highest BCUT2D eigenvalue weighted by Crippen LogP contribution is 2.13. The van der Waals surface area contributed by atoms with E-state index < -0.39 is 11.9 Å². The van der Waals surface area contributed by atoms with Crippen molar-refractivity contribution in [3.63, 3.8) is 0 Å². The molecule has 0 saturated heterocycles. The van der Waals surface area contributed by atoms with E-state index in [4.69, 9.17) is 10.2 Å². The monoisotopic (exact) mass is 330 g/mol. The van der Waals surface area contributed by atoms with Crippen molar-refractivity contribution >= 4 is 11.9 Å². The van der Waals surface area contributed by atoms with Crippen molar-refractivity contribution in [3.05, 3.63) is 0 Å². The van der Waals surface area contributed by atoms with Crippen LogP contribution in [-0.2, 0) is 9.59 Å². The normalized spacial score (nSPS) is 10.3. The molecule has 0 aromatic heterocycles. The molecule has 0 atom stereocenters. The molecule has 0 rings (SSSR count). The van der Waals surface area contributed by atoms with Gasteiger partial charge in [-0.2, -0.15) is 0 Å². The summed E-state index contributed by atoms with van der Waals surface area (Å²) < 4.78 is 0. The number of hydrogen-bond donors (Lipinski definition) is 2. The van der Waals surface area contributed by atoms with E-state index in [9.17, 15) is 9.59 Å². The Labute approximate surface area is 142 Å². The lowest BCUT2D eigenvalue weighted by Crippen LogP contribution is -1.93. The molecular weight excluding hydrogens is 292 g/mol. The molecule has 0 aliphatic rings. The molecule has 0 bridgehead atoms. The fraction of sp³-hybridized carbons (Fsp3) is 0.895. The predicted octanol–water partition coefficient (Wildman–Crippen LogP) is 5.89. The zero-order valence-electron chi connectivity index (χ0n) is 15.5. The number of unbranched alkanes of at least 4 members (excludes halogenated alkanes) is 8. The molecule has 4 nitrogen and oxygen atoms in total. The minimum atomic E-state index is -0.711. The van der Waals surface area contributed by atoms with Crippen molar-refractivity contribution in [2.45, 2.75) is 104 Å². The second-order valence-electron chi connectivity index (χ2n) is 6.65. The van der Waals surface area contributed by atoms with E-state index in [1.165, 1.54) is 51.4 Å². The lowest BCUT2D eigenvalue weighted by molar-refractivity contribution is -0.138. The molecule has 2 N–H and O–H groups in total. The van der Waals surface area contributed by atoms with Crippen LogP contribution < -0.4 is 0 Å². The van der Waals surface area contributed by atoms with Crippen molar-refractivity contribution in [1.82, 2.24) is 0 Å². The van der Waals surface area contributed by atoms with Crippen LogP contribution in [0.4, 0.5) is 0 Å². The molecule has 4 heteroatoms. The lowest BCUT2D eigenvalue weighted by Gasteiger charge is -2.04. The van der Waals surface area contributed by atoms with Gasteiger partial charge in [0.1, 0.15) is 0 Å². The van der Waals surface area contributed by atoms with E-state index in [-0.39, 0.29) is 0 Å². The van der Waals surface area contributed by atoms with E-state index in [2.05, 4.69) is 13.8 Å². The molecule has 0 aliphatic carbocycles. The first-order valence-corrected chi connectivity index (χ1v) is 9.33. The van der Waals surface area contributed by atoms with Gasteiger partial charge in [0.15, 0.2) is 0 Å². The molecule has 0 heterocycles. The summed E-state index contributed by atoms with van der Waals surface area (Å²) in [5, 5.41) is 16.4. The van der Waals surface area contributed by atoms with E-state index in [0.717, 1.165) is 25.2 Å². The summed E-state index contributed by atoms with van der Waals surface area (Å²) in [5.41, 5.74) is 0. The summed E-state index contributed by atoms with van der Waals surface area (Å²) in [6, 6.07) is 0. The van der Waals surface area contributed by atoms with Gasteiger partial charge in [-0.25, -0.2) is 0 Å². The fourth-order valence-corrected chi connectivity index (χ4v) is 2.28. The maximum atomic E-state index is 10.3. The molecule has 0 amide bonds.